The number of rotatable bonds is 65. The maximum absolute atomic E-state index is 12.4. The lowest BCUT2D eigenvalue weighted by atomic mass is 10.0. The summed E-state index contributed by atoms with van der Waals surface area (Å²) >= 11 is 0. The van der Waals surface area contributed by atoms with E-state index >= 15 is 0 Å². The molecule has 2 unspecified atom stereocenters. The van der Waals surface area contributed by atoms with E-state index in [1.54, 1.807) is 0 Å². The molecule has 0 aliphatic heterocycles. The molecule has 0 saturated heterocycles. The number of aliphatic hydroxyl groups excluding tert-OH is 2. The molecule has 0 saturated carbocycles. The van der Waals surface area contributed by atoms with E-state index in [4.69, 9.17) is 4.74 Å². The van der Waals surface area contributed by atoms with Crippen LogP contribution < -0.4 is 5.32 Å². The topological polar surface area (TPSA) is 95.9 Å². The molecule has 0 fully saturated rings. The lowest BCUT2D eigenvalue weighted by Gasteiger charge is -2.22. The summed E-state index contributed by atoms with van der Waals surface area (Å²) in [6, 6.07) is -0.535. The molecule has 6 nitrogen and oxygen atoms in total. The molecule has 0 bridgehead atoms. The van der Waals surface area contributed by atoms with E-state index in [1.165, 1.54) is 327 Å². The third kappa shape index (κ3) is 60.1. The van der Waals surface area contributed by atoms with Crippen LogP contribution in [-0.4, -0.2) is 47.4 Å². The van der Waals surface area contributed by atoms with Crippen LogP contribution in [-0.2, 0) is 14.3 Å². The van der Waals surface area contributed by atoms with Gasteiger partial charge in [0.1, 0.15) is 0 Å². The minimum atomic E-state index is -0.658. The normalized spacial score (nSPS) is 12.4. The van der Waals surface area contributed by atoms with Gasteiger partial charge in [-0.1, -0.05) is 361 Å². The quantitative estimate of drug-likeness (QED) is 0.0417. The Kier molecular flexibility index (Phi) is 63.4. The Morgan fingerprint density at radius 2 is 0.554 bits per heavy atom. The average molecular weight is 1050 g/mol. The number of esters is 1. The summed E-state index contributed by atoms with van der Waals surface area (Å²) in [6.07, 6.45) is 77.4. The van der Waals surface area contributed by atoms with Crippen LogP contribution in [0.25, 0.3) is 0 Å². The molecular weight excluding hydrogens is 911 g/mol. The number of amides is 1. The van der Waals surface area contributed by atoms with Gasteiger partial charge in [0, 0.05) is 12.8 Å². The number of ether oxygens (including phenoxy) is 1. The summed E-state index contributed by atoms with van der Waals surface area (Å²) in [4.78, 5) is 24.5. The predicted molar refractivity (Wildman–Crippen MR) is 324 cm³/mol. The molecule has 1 amide bonds. The largest absolute Gasteiger partial charge is 0.466 e. The molecule has 3 N–H and O–H groups in total. The summed E-state index contributed by atoms with van der Waals surface area (Å²) in [6.45, 7) is 4.98. The van der Waals surface area contributed by atoms with Gasteiger partial charge in [0.2, 0.25) is 5.91 Å². The number of carbonyl (C=O) groups is 2. The second-order valence-electron chi connectivity index (χ2n) is 23.9. The Hall–Kier alpha value is -1.14. The fraction of sp³-hybridized carbons (Fsp3) is 0.971. The molecule has 442 valence electrons. The Balaban J connectivity index is 3.27. The molecule has 0 aliphatic rings. The molecule has 0 aromatic rings. The molecule has 0 rings (SSSR count). The van der Waals surface area contributed by atoms with Gasteiger partial charge in [-0.25, -0.2) is 0 Å². The van der Waals surface area contributed by atoms with E-state index in [0.29, 0.717) is 25.9 Å². The van der Waals surface area contributed by atoms with E-state index in [9.17, 15) is 19.8 Å². The second-order valence-corrected chi connectivity index (χ2v) is 23.9. The summed E-state index contributed by atoms with van der Waals surface area (Å²) in [7, 11) is 0. The second kappa shape index (κ2) is 64.4. The van der Waals surface area contributed by atoms with Crippen LogP contribution in [0.1, 0.15) is 399 Å². The number of nitrogens with one attached hydrogen (secondary N) is 1. The molecule has 0 aromatic carbocycles. The fourth-order valence-electron chi connectivity index (χ4n) is 11.2. The SMILES string of the molecule is CCCCCCCCCCCCCCCCCCCCC(=O)OCCCCCCCCCCCCCCCCCCCCCCCCCCCCCCCCC(=O)NC(CO)C(O)CCCCCCCCCCC. The van der Waals surface area contributed by atoms with Crippen molar-refractivity contribution in [3.05, 3.63) is 0 Å². The van der Waals surface area contributed by atoms with Crippen molar-refractivity contribution in [2.45, 2.75) is 411 Å². The van der Waals surface area contributed by atoms with Crippen LogP contribution in [0.15, 0.2) is 0 Å². The van der Waals surface area contributed by atoms with Crippen LogP contribution in [0.4, 0.5) is 0 Å². The zero-order valence-electron chi connectivity index (χ0n) is 50.6. The van der Waals surface area contributed by atoms with E-state index < -0.39 is 12.1 Å². The smallest absolute Gasteiger partial charge is 0.305 e. The van der Waals surface area contributed by atoms with Crippen molar-refractivity contribution in [1.82, 2.24) is 5.32 Å². The van der Waals surface area contributed by atoms with Gasteiger partial charge in [-0.15, -0.1) is 0 Å². The maximum Gasteiger partial charge on any atom is 0.305 e. The number of hydrogen-bond acceptors (Lipinski definition) is 5. The summed E-state index contributed by atoms with van der Waals surface area (Å²) < 4.78 is 5.51. The van der Waals surface area contributed by atoms with Crippen LogP contribution in [0, 0.1) is 0 Å². The molecule has 2 atom stereocenters. The van der Waals surface area contributed by atoms with Gasteiger partial charge in [-0.05, 0) is 25.7 Å². The minimum absolute atomic E-state index is 0.0255. The van der Waals surface area contributed by atoms with Crippen molar-refractivity contribution < 1.29 is 24.5 Å². The van der Waals surface area contributed by atoms with E-state index in [1.807, 2.05) is 0 Å². The Bertz CT molecular complexity index is 1070. The predicted octanol–water partition coefficient (Wildman–Crippen LogP) is 21.8. The number of aliphatic hydroxyl groups is 2. The lowest BCUT2D eigenvalue weighted by molar-refractivity contribution is -0.143. The first kappa shape index (κ1) is 72.9. The Morgan fingerprint density at radius 3 is 0.824 bits per heavy atom. The highest BCUT2D eigenvalue weighted by atomic mass is 16.5. The van der Waals surface area contributed by atoms with Crippen molar-refractivity contribution in [3.63, 3.8) is 0 Å². The molecule has 74 heavy (non-hydrogen) atoms. The third-order valence-electron chi connectivity index (χ3n) is 16.4. The van der Waals surface area contributed by atoms with Crippen molar-refractivity contribution >= 4 is 11.9 Å². The number of unbranched alkanes of at least 4 members (excludes halogenated alkanes) is 54. The highest BCUT2D eigenvalue weighted by Gasteiger charge is 2.20. The standard InChI is InChI=1S/C68H135NO5/c1-3-5-7-9-11-13-14-15-16-17-33-36-39-42-46-50-54-58-62-68(73)74-63-59-55-51-47-43-40-37-34-31-29-27-25-23-21-19-18-20-22-24-26-28-30-32-35-38-41-45-49-53-57-61-67(72)69-65(64-70)66(71)60-56-52-48-44-12-10-8-6-4-2/h65-66,70-71H,3-64H2,1-2H3,(H,69,72). The molecule has 6 heteroatoms. The van der Waals surface area contributed by atoms with Gasteiger partial charge in [0.25, 0.3) is 0 Å². The van der Waals surface area contributed by atoms with Crippen molar-refractivity contribution in [3.8, 4) is 0 Å². The molecule has 0 heterocycles. The highest BCUT2D eigenvalue weighted by Crippen LogP contribution is 2.19. The average Bonchev–Trinajstić information content (AvgIpc) is 3.40. The molecule has 0 radical (unpaired) electrons. The van der Waals surface area contributed by atoms with Gasteiger partial charge in [0.15, 0.2) is 0 Å². The van der Waals surface area contributed by atoms with E-state index in [2.05, 4.69) is 19.2 Å². The fourth-order valence-corrected chi connectivity index (χ4v) is 11.2. The summed E-state index contributed by atoms with van der Waals surface area (Å²) in [5, 5.41) is 23.1. The molecule has 0 spiro atoms. The summed E-state index contributed by atoms with van der Waals surface area (Å²) in [5.74, 6) is -0.00564. The molecular formula is C68H135NO5. The number of hydrogen-bond donors (Lipinski definition) is 3. The minimum Gasteiger partial charge on any atom is -0.466 e. The number of carbonyl (C=O) groups excluding carboxylic acids is 2. The highest BCUT2D eigenvalue weighted by molar-refractivity contribution is 5.76. The van der Waals surface area contributed by atoms with Crippen molar-refractivity contribution in [2.75, 3.05) is 13.2 Å². The van der Waals surface area contributed by atoms with Gasteiger partial charge in [-0.2, -0.15) is 0 Å². The van der Waals surface area contributed by atoms with Crippen LogP contribution in [0.2, 0.25) is 0 Å². The zero-order valence-corrected chi connectivity index (χ0v) is 50.6. The van der Waals surface area contributed by atoms with Gasteiger partial charge in [-0.3, -0.25) is 9.59 Å². The Morgan fingerprint density at radius 1 is 0.324 bits per heavy atom. The van der Waals surface area contributed by atoms with Gasteiger partial charge >= 0.3 is 5.97 Å². The first-order valence-electron chi connectivity index (χ1n) is 34.3. The summed E-state index contributed by atoms with van der Waals surface area (Å²) in [5.41, 5.74) is 0. The third-order valence-corrected chi connectivity index (χ3v) is 16.4. The lowest BCUT2D eigenvalue weighted by Crippen LogP contribution is -2.45. The van der Waals surface area contributed by atoms with E-state index in [-0.39, 0.29) is 18.5 Å². The first-order chi connectivity index (χ1) is 36.5. The van der Waals surface area contributed by atoms with Crippen LogP contribution in [0.3, 0.4) is 0 Å². The van der Waals surface area contributed by atoms with Crippen molar-refractivity contribution in [1.29, 1.82) is 0 Å². The van der Waals surface area contributed by atoms with Crippen molar-refractivity contribution in [2.24, 2.45) is 0 Å². The molecule has 0 aliphatic carbocycles. The Labute approximate surface area is 464 Å². The van der Waals surface area contributed by atoms with Crippen LogP contribution >= 0.6 is 0 Å². The van der Waals surface area contributed by atoms with Gasteiger partial charge in [0.05, 0.1) is 25.4 Å². The maximum atomic E-state index is 12.4. The van der Waals surface area contributed by atoms with E-state index in [0.717, 1.165) is 38.5 Å². The first-order valence-corrected chi connectivity index (χ1v) is 34.3. The monoisotopic (exact) mass is 1050 g/mol. The van der Waals surface area contributed by atoms with Gasteiger partial charge < -0.3 is 20.3 Å². The van der Waals surface area contributed by atoms with Crippen LogP contribution in [0.5, 0.6) is 0 Å². The molecule has 0 aromatic heterocycles. The zero-order chi connectivity index (χ0) is 53.6.